The number of likely N-dealkylation sites (N-methyl/N-ethyl adjacent to an activating group) is 1. The number of nitrogens with one attached hydrogen (secondary N) is 1. The molecule has 3 aromatic rings. The summed E-state index contributed by atoms with van der Waals surface area (Å²) in [5.74, 6) is 0.0228. The van der Waals surface area contributed by atoms with Gasteiger partial charge in [0.15, 0.2) is 0 Å². The molecule has 11 heteroatoms. The number of nitrogens with zero attached hydrogens (tertiary/aromatic N) is 4. The number of halogens is 3. The number of fused-ring (bicyclic) bond motifs is 1. The van der Waals surface area contributed by atoms with E-state index >= 15 is 0 Å². The number of rotatable bonds is 5. The molecule has 3 heterocycles. The Hall–Kier alpha value is -3.60. The van der Waals surface area contributed by atoms with Crippen LogP contribution in [0.4, 0.5) is 18.0 Å². The average molecular weight is 530 g/mol. The van der Waals surface area contributed by atoms with Gasteiger partial charge in [-0.25, -0.2) is 4.79 Å². The van der Waals surface area contributed by atoms with Gasteiger partial charge in [-0.1, -0.05) is 12.1 Å². The number of benzene rings is 2. The van der Waals surface area contributed by atoms with E-state index in [1.54, 1.807) is 11.1 Å². The zero-order valence-corrected chi connectivity index (χ0v) is 21.1. The van der Waals surface area contributed by atoms with Gasteiger partial charge in [-0.3, -0.25) is 14.8 Å². The number of H-pyrrole nitrogens is 1. The number of hydrogen-bond donors (Lipinski definition) is 1. The van der Waals surface area contributed by atoms with E-state index in [-0.39, 0.29) is 24.6 Å². The second-order valence-electron chi connectivity index (χ2n) is 10.00. The molecule has 1 N–H and O–H groups in total. The van der Waals surface area contributed by atoms with E-state index in [0.29, 0.717) is 37.3 Å². The minimum Gasteiger partial charge on any atom is -0.445 e. The Balaban J connectivity index is 1.07. The topological polar surface area (TPSA) is 81.8 Å². The Morgan fingerprint density at radius 2 is 1.71 bits per heavy atom. The van der Waals surface area contributed by atoms with Crippen LogP contribution in [0.5, 0.6) is 0 Å². The molecule has 202 valence electrons. The third-order valence-electron chi connectivity index (χ3n) is 7.66. The van der Waals surface area contributed by atoms with Crippen LogP contribution in [0.15, 0.2) is 48.7 Å². The lowest BCUT2D eigenvalue weighted by molar-refractivity contribution is -0.137. The lowest BCUT2D eigenvalue weighted by Gasteiger charge is -2.39. The van der Waals surface area contributed by atoms with Gasteiger partial charge in [-0.2, -0.15) is 18.3 Å². The summed E-state index contributed by atoms with van der Waals surface area (Å²) < 4.78 is 43.5. The normalized spacial score (nSPS) is 18.9. The van der Waals surface area contributed by atoms with Crippen LogP contribution in [0.1, 0.15) is 40.7 Å². The fourth-order valence-electron chi connectivity index (χ4n) is 5.30. The van der Waals surface area contributed by atoms with Crippen LogP contribution in [-0.4, -0.2) is 82.2 Å². The molecule has 0 saturated carbocycles. The minimum absolute atomic E-state index is 0.0228. The molecule has 8 nitrogen and oxygen atoms in total. The van der Waals surface area contributed by atoms with Gasteiger partial charge in [0, 0.05) is 49.2 Å². The Morgan fingerprint density at radius 1 is 1.03 bits per heavy atom. The van der Waals surface area contributed by atoms with Crippen LogP contribution in [-0.2, 0) is 17.5 Å². The van der Waals surface area contributed by atoms with Crippen LogP contribution in [0.2, 0.25) is 0 Å². The van der Waals surface area contributed by atoms with Crippen molar-refractivity contribution in [1.29, 1.82) is 0 Å². The fraction of sp³-hybridized carbons (Fsp3) is 0.444. The van der Waals surface area contributed by atoms with Gasteiger partial charge < -0.3 is 14.5 Å². The number of alkyl halides is 3. The Bertz CT molecular complexity index is 1290. The van der Waals surface area contributed by atoms with Gasteiger partial charge >= 0.3 is 12.3 Å². The minimum atomic E-state index is -4.39. The predicted octanol–water partition coefficient (Wildman–Crippen LogP) is 4.53. The highest BCUT2D eigenvalue weighted by molar-refractivity contribution is 5.98. The number of aromatic amines is 1. The lowest BCUT2D eigenvalue weighted by atomic mass is 10.0. The number of carbonyl (C=O) groups is 2. The largest absolute Gasteiger partial charge is 0.445 e. The molecule has 38 heavy (non-hydrogen) atoms. The summed E-state index contributed by atoms with van der Waals surface area (Å²) >= 11 is 0. The number of amides is 2. The quantitative estimate of drug-likeness (QED) is 0.525. The van der Waals surface area contributed by atoms with E-state index in [2.05, 4.69) is 22.1 Å². The zero-order chi connectivity index (χ0) is 26.9. The molecule has 2 aliphatic heterocycles. The van der Waals surface area contributed by atoms with Gasteiger partial charge in [0.25, 0.3) is 5.91 Å². The molecule has 2 aliphatic rings. The van der Waals surface area contributed by atoms with Crippen LogP contribution >= 0.6 is 0 Å². The van der Waals surface area contributed by atoms with Crippen LogP contribution < -0.4 is 0 Å². The molecule has 1 atom stereocenters. The number of piperidine rings is 1. The maximum atomic E-state index is 13.1. The number of likely N-dealkylation sites (tertiary alicyclic amines) is 2. The second kappa shape index (κ2) is 10.6. The molecule has 5 rings (SSSR count). The molecule has 0 bridgehead atoms. The van der Waals surface area contributed by atoms with Crippen molar-refractivity contribution < 1.29 is 27.5 Å². The molecular formula is C27H30F3N5O3. The third-order valence-corrected chi connectivity index (χ3v) is 7.66. The smallest absolute Gasteiger partial charge is 0.416 e. The summed E-state index contributed by atoms with van der Waals surface area (Å²) in [6, 6.07) is 10.7. The summed E-state index contributed by atoms with van der Waals surface area (Å²) in [6.45, 7) is 2.37. The second-order valence-corrected chi connectivity index (χ2v) is 10.00. The average Bonchev–Trinajstić information content (AvgIpc) is 3.60. The third kappa shape index (κ3) is 5.62. The Kier molecular flexibility index (Phi) is 7.29. The number of carbonyl (C=O) groups excluding carboxylic acids is 2. The zero-order valence-electron chi connectivity index (χ0n) is 21.1. The summed E-state index contributed by atoms with van der Waals surface area (Å²) in [5.41, 5.74) is 1.33. The van der Waals surface area contributed by atoms with E-state index in [9.17, 15) is 22.8 Å². The van der Waals surface area contributed by atoms with Crippen LogP contribution in [0.3, 0.4) is 0 Å². The first-order valence-electron chi connectivity index (χ1n) is 12.7. The predicted molar refractivity (Wildman–Crippen MR) is 134 cm³/mol. The maximum absolute atomic E-state index is 13.1. The summed E-state index contributed by atoms with van der Waals surface area (Å²) in [4.78, 5) is 31.4. The van der Waals surface area contributed by atoms with Gasteiger partial charge in [0.2, 0.25) is 0 Å². The first-order valence-corrected chi connectivity index (χ1v) is 12.7. The molecule has 2 aromatic carbocycles. The van der Waals surface area contributed by atoms with E-state index in [0.717, 1.165) is 42.3 Å². The van der Waals surface area contributed by atoms with Crippen molar-refractivity contribution in [3.63, 3.8) is 0 Å². The van der Waals surface area contributed by atoms with Crippen molar-refractivity contribution in [1.82, 2.24) is 24.9 Å². The molecule has 2 amide bonds. The van der Waals surface area contributed by atoms with Gasteiger partial charge in [-0.05, 0) is 62.2 Å². The summed E-state index contributed by atoms with van der Waals surface area (Å²) in [6.07, 6.45) is -0.678. The Morgan fingerprint density at radius 3 is 2.42 bits per heavy atom. The molecule has 0 spiro atoms. The maximum Gasteiger partial charge on any atom is 0.416 e. The highest BCUT2D eigenvalue weighted by Crippen LogP contribution is 2.29. The number of aromatic nitrogens is 2. The lowest BCUT2D eigenvalue weighted by Crippen LogP contribution is -2.49. The van der Waals surface area contributed by atoms with Crippen molar-refractivity contribution in [3.05, 3.63) is 65.4 Å². The standard InChI is InChI=1S/C27H30F3N5O3/c1-33(23-10-13-35(16-23)25(36)19-4-7-24-20(14-19)15-31-32-24)22-8-11-34(12-9-22)26(37)38-17-18-2-5-21(6-3-18)27(28,29)30/h2-7,14-15,22-23H,8-13,16-17H2,1H3,(H,31,32). The summed E-state index contributed by atoms with van der Waals surface area (Å²) in [5, 5.41) is 7.82. The van der Waals surface area contributed by atoms with E-state index in [1.165, 1.54) is 12.1 Å². The van der Waals surface area contributed by atoms with Gasteiger partial charge in [0.1, 0.15) is 6.61 Å². The van der Waals surface area contributed by atoms with Crippen molar-refractivity contribution >= 4 is 22.9 Å². The van der Waals surface area contributed by atoms with E-state index < -0.39 is 17.8 Å². The van der Waals surface area contributed by atoms with Crippen molar-refractivity contribution in [2.24, 2.45) is 0 Å². The molecule has 1 aromatic heterocycles. The fourth-order valence-corrected chi connectivity index (χ4v) is 5.30. The molecule has 0 radical (unpaired) electrons. The monoisotopic (exact) mass is 529 g/mol. The van der Waals surface area contributed by atoms with E-state index in [4.69, 9.17) is 4.74 Å². The SMILES string of the molecule is CN(C1CCN(C(=O)OCc2ccc(C(F)(F)F)cc2)CC1)C1CCN(C(=O)c2ccc3[nH]ncc3c2)C1. The van der Waals surface area contributed by atoms with Gasteiger partial charge in [0.05, 0.1) is 17.3 Å². The highest BCUT2D eigenvalue weighted by atomic mass is 19.4. The van der Waals surface area contributed by atoms with Crippen molar-refractivity contribution in [3.8, 4) is 0 Å². The molecule has 2 fully saturated rings. The van der Waals surface area contributed by atoms with E-state index in [1.807, 2.05) is 23.1 Å². The van der Waals surface area contributed by atoms with Crippen LogP contribution in [0.25, 0.3) is 10.9 Å². The highest BCUT2D eigenvalue weighted by Gasteiger charge is 2.34. The van der Waals surface area contributed by atoms with Crippen LogP contribution in [0, 0.1) is 0 Å². The number of hydrogen-bond acceptors (Lipinski definition) is 5. The van der Waals surface area contributed by atoms with Crippen molar-refractivity contribution in [2.75, 3.05) is 33.2 Å². The molecule has 2 saturated heterocycles. The Labute approximate surface area is 218 Å². The molecular weight excluding hydrogens is 499 g/mol. The summed E-state index contributed by atoms with van der Waals surface area (Å²) in [7, 11) is 2.08. The first-order chi connectivity index (χ1) is 18.2. The molecule has 1 unspecified atom stereocenters. The molecule has 0 aliphatic carbocycles. The first kappa shape index (κ1) is 26.0. The number of ether oxygens (including phenoxy) is 1. The van der Waals surface area contributed by atoms with Crippen molar-refractivity contribution in [2.45, 2.75) is 44.1 Å². The van der Waals surface area contributed by atoms with Gasteiger partial charge in [-0.15, -0.1) is 0 Å².